The molecule has 2 rings (SSSR count). The quantitative estimate of drug-likeness (QED) is 0.558. The lowest BCUT2D eigenvalue weighted by Crippen LogP contribution is -2.11. The second-order valence-corrected chi connectivity index (χ2v) is 7.62. The van der Waals surface area contributed by atoms with E-state index >= 15 is 0 Å². The lowest BCUT2D eigenvalue weighted by atomic mass is 10.1. The van der Waals surface area contributed by atoms with Gasteiger partial charge in [0.05, 0.1) is 18.7 Å². The van der Waals surface area contributed by atoms with E-state index in [2.05, 4.69) is 27.0 Å². The van der Waals surface area contributed by atoms with Gasteiger partial charge in [0.2, 0.25) is 0 Å². The van der Waals surface area contributed by atoms with E-state index in [9.17, 15) is 4.79 Å². The highest BCUT2D eigenvalue weighted by atomic mass is 32.1. The summed E-state index contributed by atoms with van der Waals surface area (Å²) in [6.07, 6.45) is 4.30. The highest BCUT2D eigenvalue weighted by molar-refractivity contribution is 7.09. The smallest absolute Gasteiger partial charge is 0.310 e. The first-order valence-electron chi connectivity index (χ1n) is 8.37. The molecule has 0 atom stereocenters. The molecule has 0 aliphatic rings. The van der Waals surface area contributed by atoms with Crippen molar-refractivity contribution in [2.45, 2.75) is 40.0 Å². The van der Waals surface area contributed by atoms with Gasteiger partial charge in [0.25, 0.3) is 0 Å². The van der Waals surface area contributed by atoms with E-state index in [0.29, 0.717) is 12.5 Å². The van der Waals surface area contributed by atoms with Gasteiger partial charge in [0.1, 0.15) is 0 Å². The Morgan fingerprint density at radius 2 is 2.08 bits per heavy atom. The van der Waals surface area contributed by atoms with Crippen molar-refractivity contribution in [3.8, 4) is 0 Å². The van der Waals surface area contributed by atoms with E-state index < -0.39 is 0 Å². The molecular weight excluding hydrogens is 320 g/mol. The average Bonchev–Trinajstić information content (AvgIpc) is 2.83. The molecule has 0 spiro atoms. The van der Waals surface area contributed by atoms with Crippen molar-refractivity contribution in [3.63, 3.8) is 0 Å². The maximum atomic E-state index is 12.1. The van der Waals surface area contributed by atoms with E-state index in [4.69, 9.17) is 9.73 Å². The van der Waals surface area contributed by atoms with Gasteiger partial charge >= 0.3 is 5.97 Å². The fourth-order valence-corrected chi connectivity index (χ4v) is 3.27. The van der Waals surface area contributed by atoms with Crippen LogP contribution in [0, 0.1) is 12.8 Å². The SMILES string of the molecule is Cc1cn(C)c(=Nc2ccccc2CC(=O)OCCCC(C)C)s1. The van der Waals surface area contributed by atoms with E-state index in [1.54, 1.807) is 11.3 Å². The second-order valence-electron chi connectivity index (χ2n) is 6.41. The normalized spacial score (nSPS) is 12.0. The van der Waals surface area contributed by atoms with Crippen molar-refractivity contribution < 1.29 is 9.53 Å². The maximum Gasteiger partial charge on any atom is 0.310 e. The third-order valence-electron chi connectivity index (χ3n) is 3.66. The molecule has 5 heteroatoms. The number of benzene rings is 1. The zero-order valence-electron chi connectivity index (χ0n) is 14.9. The second kappa shape index (κ2) is 8.83. The number of aryl methyl sites for hydroxylation is 2. The van der Waals surface area contributed by atoms with Crippen LogP contribution in [-0.4, -0.2) is 17.1 Å². The topological polar surface area (TPSA) is 43.6 Å². The summed E-state index contributed by atoms with van der Waals surface area (Å²) in [7, 11) is 1.98. The number of carbonyl (C=O) groups excluding carboxylic acids is 1. The van der Waals surface area contributed by atoms with Gasteiger partial charge in [-0.2, -0.15) is 0 Å². The molecule has 0 saturated carbocycles. The minimum Gasteiger partial charge on any atom is -0.465 e. The van der Waals surface area contributed by atoms with Gasteiger partial charge < -0.3 is 9.30 Å². The fraction of sp³-hybridized carbons (Fsp3) is 0.474. The Hall–Kier alpha value is -1.88. The average molecular weight is 346 g/mol. The molecule has 1 aromatic heterocycles. The summed E-state index contributed by atoms with van der Waals surface area (Å²) in [5, 5.41) is 0. The Labute approximate surface area is 147 Å². The van der Waals surface area contributed by atoms with Gasteiger partial charge in [-0.25, -0.2) is 4.99 Å². The Morgan fingerprint density at radius 1 is 1.33 bits per heavy atom. The van der Waals surface area contributed by atoms with Gasteiger partial charge in [-0.15, -0.1) is 11.3 Å². The predicted molar refractivity (Wildman–Crippen MR) is 98.4 cm³/mol. The van der Waals surface area contributed by atoms with Crippen LogP contribution in [0.25, 0.3) is 0 Å². The summed E-state index contributed by atoms with van der Waals surface area (Å²) in [4.78, 5) is 18.9. The highest BCUT2D eigenvalue weighted by Crippen LogP contribution is 2.19. The molecule has 0 fully saturated rings. The summed E-state index contributed by atoms with van der Waals surface area (Å²) in [6.45, 7) is 6.90. The van der Waals surface area contributed by atoms with Crippen molar-refractivity contribution in [3.05, 3.63) is 45.7 Å². The fourth-order valence-electron chi connectivity index (χ4n) is 2.43. The molecule has 0 N–H and O–H groups in total. The molecule has 1 aromatic carbocycles. The van der Waals surface area contributed by atoms with Crippen LogP contribution in [0.1, 0.15) is 37.1 Å². The van der Waals surface area contributed by atoms with Crippen molar-refractivity contribution in [1.29, 1.82) is 0 Å². The van der Waals surface area contributed by atoms with Crippen LogP contribution < -0.4 is 4.80 Å². The zero-order chi connectivity index (χ0) is 17.5. The first-order valence-corrected chi connectivity index (χ1v) is 9.18. The number of hydrogen-bond donors (Lipinski definition) is 0. The summed E-state index contributed by atoms with van der Waals surface area (Å²) in [5.74, 6) is 0.450. The molecule has 0 bridgehead atoms. The highest BCUT2D eigenvalue weighted by Gasteiger charge is 2.09. The largest absolute Gasteiger partial charge is 0.465 e. The van der Waals surface area contributed by atoms with E-state index in [1.807, 2.05) is 35.9 Å². The van der Waals surface area contributed by atoms with Gasteiger partial charge in [-0.1, -0.05) is 32.0 Å². The summed E-state index contributed by atoms with van der Waals surface area (Å²) >= 11 is 1.64. The first-order chi connectivity index (χ1) is 11.5. The van der Waals surface area contributed by atoms with Crippen LogP contribution in [-0.2, 0) is 23.0 Å². The molecule has 0 amide bonds. The van der Waals surface area contributed by atoms with Crippen molar-refractivity contribution >= 4 is 23.0 Å². The lowest BCUT2D eigenvalue weighted by molar-refractivity contribution is -0.143. The van der Waals surface area contributed by atoms with Gasteiger partial charge in [-0.05, 0) is 37.3 Å². The van der Waals surface area contributed by atoms with Gasteiger partial charge in [0, 0.05) is 18.1 Å². The monoisotopic (exact) mass is 346 g/mol. The number of hydrogen-bond acceptors (Lipinski definition) is 4. The number of carbonyl (C=O) groups is 1. The molecular formula is C19H26N2O2S. The Balaban J connectivity index is 2.05. The van der Waals surface area contributed by atoms with Gasteiger partial charge in [-0.3, -0.25) is 4.79 Å². The molecule has 0 aliphatic heterocycles. The number of rotatable bonds is 7. The maximum absolute atomic E-state index is 12.1. The van der Waals surface area contributed by atoms with Crippen LogP contribution in [0.4, 0.5) is 5.69 Å². The summed E-state index contributed by atoms with van der Waals surface area (Å²) < 4.78 is 7.35. The minimum atomic E-state index is -0.187. The molecule has 1 heterocycles. The van der Waals surface area contributed by atoms with E-state index in [0.717, 1.165) is 28.9 Å². The Kier molecular flexibility index (Phi) is 6.79. The van der Waals surface area contributed by atoms with Crippen molar-refractivity contribution in [2.24, 2.45) is 18.0 Å². The molecule has 0 unspecified atom stereocenters. The molecule has 0 radical (unpaired) electrons. The number of para-hydroxylation sites is 1. The first kappa shape index (κ1) is 18.5. The van der Waals surface area contributed by atoms with Crippen molar-refractivity contribution in [2.75, 3.05) is 6.61 Å². The molecule has 4 nitrogen and oxygen atoms in total. The predicted octanol–water partition coefficient (Wildman–Crippen LogP) is 4.15. The van der Waals surface area contributed by atoms with E-state index in [1.165, 1.54) is 4.88 Å². The summed E-state index contributed by atoms with van der Waals surface area (Å²) in [5.41, 5.74) is 1.73. The molecule has 0 aliphatic carbocycles. The van der Waals surface area contributed by atoms with Crippen molar-refractivity contribution in [1.82, 2.24) is 4.57 Å². The molecule has 2 aromatic rings. The van der Waals surface area contributed by atoms with E-state index in [-0.39, 0.29) is 12.4 Å². The molecule has 0 saturated heterocycles. The lowest BCUT2D eigenvalue weighted by Gasteiger charge is -2.08. The van der Waals surface area contributed by atoms with Crippen LogP contribution in [0.2, 0.25) is 0 Å². The van der Waals surface area contributed by atoms with Crippen LogP contribution in [0.5, 0.6) is 0 Å². The summed E-state index contributed by atoms with van der Waals surface area (Å²) in [6, 6.07) is 7.75. The zero-order valence-corrected chi connectivity index (χ0v) is 15.7. The van der Waals surface area contributed by atoms with Crippen LogP contribution in [0.15, 0.2) is 35.5 Å². The van der Waals surface area contributed by atoms with Gasteiger partial charge in [0.15, 0.2) is 4.80 Å². The Morgan fingerprint density at radius 3 is 2.75 bits per heavy atom. The molecule has 130 valence electrons. The van der Waals surface area contributed by atoms with Crippen LogP contribution >= 0.6 is 11.3 Å². The number of ether oxygens (including phenoxy) is 1. The number of aromatic nitrogens is 1. The standard InChI is InChI=1S/C19H26N2O2S/c1-14(2)8-7-11-23-18(22)12-16-9-5-6-10-17(16)20-19-21(4)13-15(3)24-19/h5-6,9-10,13-14H,7-8,11-12H2,1-4H3. The third kappa shape index (κ3) is 5.64. The molecule has 24 heavy (non-hydrogen) atoms. The number of esters is 1. The Bertz CT molecular complexity index is 744. The number of nitrogens with zero attached hydrogens (tertiary/aromatic N) is 2. The minimum absolute atomic E-state index is 0.187. The van der Waals surface area contributed by atoms with Crippen LogP contribution in [0.3, 0.4) is 0 Å². The number of thiazole rings is 1. The third-order valence-corrected chi connectivity index (χ3v) is 4.65.